The van der Waals surface area contributed by atoms with Gasteiger partial charge in [0.1, 0.15) is 23.9 Å². The minimum atomic E-state index is -2.68. The molecule has 14 heteroatoms. The Kier molecular flexibility index (Phi) is 6.31. The third-order valence-electron chi connectivity index (χ3n) is 6.46. The van der Waals surface area contributed by atoms with Crippen LogP contribution in [0.5, 0.6) is 0 Å². The second kappa shape index (κ2) is 9.93. The van der Waals surface area contributed by atoms with E-state index in [-0.39, 0.29) is 27.7 Å². The molecule has 1 aliphatic carbocycles. The first-order valence-corrected chi connectivity index (χ1v) is 12.7. The highest BCUT2D eigenvalue weighted by Crippen LogP contribution is 2.36. The van der Waals surface area contributed by atoms with Crippen molar-refractivity contribution in [2.24, 2.45) is 0 Å². The Bertz CT molecular complexity index is 1600. The Balaban J connectivity index is 1.36. The molecule has 194 valence electrons. The number of carbonyl (C=O) groups is 1. The first-order chi connectivity index (χ1) is 18.5. The van der Waals surface area contributed by atoms with Gasteiger partial charge in [-0.3, -0.25) is 4.79 Å². The lowest BCUT2D eigenvalue weighted by atomic mass is 9.90. The number of fused-ring (bicyclic) bond motifs is 1. The molecule has 0 spiro atoms. The number of aromatic nitrogens is 8. The van der Waals surface area contributed by atoms with Crippen molar-refractivity contribution in [3.63, 3.8) is 0 Å². The fourth-order valence-electron chi connectivity index (χ4n) is 4.80. The number of carbonyl (C=O) groups excluding carboxylic acids is 1. The number of alkyl halides is 2. The quantitative estimate of drug-likeness (QED) is 0.337. The monoisotopic (exact) mass is 539 g/mol. The minimum absolute atomic E-state index is 0.00435. The molecule has 10 nitrogen and oxygen atoms in total. The number of imidazole rings is 1. The van der Waals surface area contributed by atoms with Crippen molar-refractivity contribution in [1.82, 2.24) is 44.6 Å². The van der Waals surface area contributed by atoms with Crippen molar-refractivity contribution in [3.8, 4) is 17.3 Å². The predicted octanol–water partition coefficient (Wildman–Crippen LogP) is 4.52. The number of halogens is 3. The molecule has 1 saturated carbocycles. The molecule has 0 bridgehead atoms. The van der Waals surface area contributed by atoms with E-state index in [2.05, 4.69) is 35.3 Å². The summed E-state index contributed by atoms with van der Waals surface area (Å²) in [6, 6.07) is 4.26. The molecule has 2 atom stereocenters. The molecule has 5 aromatic rings. The van der Waals surface area contributed by atoms with Gasteiger partial charge < -0.3 is 9.88 Å². The van der Waals surface area contributed by atoms with Gasteiger partial charge in [-0.15, -0.1) is 11.3 Å². The number of thiazole rings is 1. The molecule has 1 N–H and O–H groups in total. The van der Waals surface area contributed by atoms with Crippen LogP contribution < -0.4 is 5.32 Å². The number of rotatable bonds is 6. The summed E-state index contributed by atoms with van der Waals surface area (Å²) >= 11 is 0.681. The SMILES string of the molecule is O=C(N[C@H]1CCC[C@@H](n2c(-c3ncccc3F)nc3cnc(-n4cncn4)cc32)C1)c1ncc(C(F)F)s1. The Hall–Kier alpha value is -4.20. The van der Waals surface area contributed by atoms with Crippen LogP contribution >= 0.6 is 11.3 Å². The van der Waals surface area contributed by atoms with Crippen LogP contribution in [0.3, 0.4) is 0 Å². The lowest BCUT2D eigenvalue weighted by Crippen LogP contribution is -2.39. The van der Waals surface area contributed by atoms with Crippen LogP contribution in [0.4, 0.5) is 13.2 Å². The third-order valence-corrected chi connectivity index (χ3v) is 7.47. The highest BCUT2D eigenvalue weighted by atomic mass is 32.1. The lowest BCUT2D eigenvalue weighted by Gasteiger charge is -2.31. The molecule has 0 unspecified atom stereocenters. The van der Waals surface area contributed by atoms with Crippen LogP contribution in [0.1, 0.15) is 52.8 Å². The zero-order chi connectivity index (χ0) is 26.2. The average molecular weight is 540 g/mol. The summed E-state index contributed by atoms with van der Waals surface area (Å²) < 4.78 is 44.2. The van der Waals surface area contributed by atoms with Crippen molar-refractivity contribution in [2.45, 2.75) is 44.2 Å². The van der Waals surface area contributed by atoms with Gasteiger partial charge in [-0.2, -0.15) is 5.10 Å². The zero-order valence-electron chi connectivity index (χ0n) is 19.7. The molecule has 5 aromatic heterocycles. The Morgan fingerprint density at radius 3 is 2.84 bits per heavy atom. The van der Waals surface area contributed by atoms with E-state index >= 15 is 0 Å². The summed E-state index contributed by atoms with van der Waals surface area (Å²) in [6.07, 6.45) is 7.15. The van der Waals surface area contributed by atoms with Gasteiger partial charge in [-0.25, -0.2) is 42.8 Å². The van der Waals surface area contributed by atoms with Gasteiger partial charge in [-0.05, 0) is 37.8 Å². The fraction of sp³-hybridized carbons (Fsp3) is 0.292. The van der Waals surface area contributed by atoms with Gasteiger partial charge in [0.2, 0.25) is 0 Å². The number of hydrogen-bond donors (Lipinski definition) is 1. The van der Waals surface area contributed by atoms with Crippen LogP contribution in [-0.4, -0.2) is 51.2 Å². The summed E-state index contributed by atoms with van der Waals surface area (Å²) in [7, 11) is 0. The second-order valence-corrected chi connectivity index (χ2v) is 9.93. The van der Waals surface area contributed by atoms with Crippen LogP contribution in [0.15, 0.2) is 49.4 Å². The van der Waals surface area contributed by atoms with Crippen LogP contribution in [-0.2, 0) is 0 Å². The summed E-state index contributed by atoms with van der Waals surface area (Å²) in [4.78, 5) is 33.7. The molecule has 0 saturated heterocycles. The third kappa shape index (κ3) is 4.51. The molecule has 6 rings (SSSR count). The number of hydrogen-bond acceptors (Lipinski definition) is 8. The van der Waals surface area contributed by atoms with Gasteiger partial charge in [0.25, 0.3) is 12.3 Å². The van der Waals surface area contributed by atoms with E-state index in [1.807, 2.05) is 10.6 Å². The van der Waals surface area contributed by atoms with Crippen molar-refractivity contribution in [1.29, 1.82) is 0 Å². The highest BCUT2D eigenvalue weighted by molar-refractivity contribution is 7.13. The second-order valence-electron chi connectivity index (χ2n) is 8.87. The van der Waals surface area contributed by atoms with E-state index in [4.69, 9.17) is 0 Å². The van der Waals surface area contributed by atoms with Gasteiger partial charge >= 0.3 is 0 Å². The van der Waals surface area contributed by atoms with Gasteiger partial charge in [0.05, 0.1) is 16.6 Å². The van der Waals surface area contributed by atoms with Crippen molar-refractivity contribution in [2.75, 3.05) is 0 Å². The van der Waals surface area contributed by atoms with Crippen molar-refractivity contribution >= 4 is 28.3 Å². The lowest BCUT2D eigenvalue weighted by molar-refractivity contribution is 0.0920. The number of nitrogens with zero attached hydrogens (tertiary/aromatic N) is 8. The molecule has 5 heterocycles. The maximum absolute atomic E-state index is 14.9. The number of amides is 1. The molecule has 0 aromatic carbocycles. The summed E-state index contributed by atoms with van der Waals surface area (Å²) in [6.45, 7) is 0. The van der Waals surface area contributed by atoms with Crippen molar-refractivity contribution in [3.05, 3.63) is 65.1 Å². The summed E-state index contributed by atoms with van der Waals surface area (Å²) in [5.74, 6) is -0.123. The Labute approximate surface area is 217 Å². The maximum atomic E-state index is 14.9. The molecular weight excluding hydrogens is 519 g/mol. The standard InChI is InChI=1S/C24H20F3N9OS/c25-15-5-2-6-29-20(15)22-34-16-9-30-19(35-12-28-11-32-35)8-17(16)36(22)14-4-1-3-13(7-14)33-23(37)24-31-10-18(38-24)21(26)27/h2,5-6,8-14,21H,1,3-4,7H2,(H,33,37)/t13-,14+/m0/s1. The van der Waals surface area contributed by atoms with Crippen LogP contribution in [0, 0.1) is 5.82 Å². The maximum Gasteiger partial charge on any atom is 0.280 e. The van der Waals surface area contributed by atoms with E-state index in [0.29, 0.717) is 46.9 Å². The normalized spacial score (nSPS) is 17.8. The van der Waals surface area contributed by atoms with Crippen LogP contribution in [0.25, 0.3) is 28.4 Å². The fourth-order valence-corrected chi connectivity index (χ4v) is 5.47. The number of pyridine rings is 2. The van der Waals surface area contributed by atoms with E-state index in [1.54, 1.807) is 6.20 Å². The van der Waals surface area contributed by atoms with Crippen molar-refractivity contribution < 1.29 is 18.0 Å². The summed E-state index contributed by atoms with van der Waals surface area (Å²) in [5, 5.41) is 7.08. The molecule has 38 heavy (non-hydrogen) atoms. The van der Waals surface area contributed by atoms with Crippen LogP contribution in [0.2, 0.25) is 0 Å². The van der Waals surface area contributed by atoms with E-state index in [1.165, 1.54) is 35.7 Å². The molecule has 1 aliphatic rings. The summed E-state index contributed by atoms with van der Waals surface area (Å²) in [5.41, 5.74) is 1.38. The average Bonchev–Trinajstić information content (AvgIpc) is 3.69. The van der Waals surface area contributed by atoms with Gasteiger partial charge in [0.15, 0.2) is 22.5 Å². The molecule has 0 aliphatic heterocycles. The molecule has 0 radical (unpaired) electrons. The largest absolute Gasteiger partial charge is 0.347 e. The first-order valence-electron chi connectivity index (χ1n) is 11.9. The van der Waals surface area contributed by atoms with Gasteiger partial charge in [0, 0.05) is 30.5 Å². The first kappa shape index (κ1) is 24.2. The highest BCUT2D eigenvalue weighted by Gasteiger charge is 2.30. The van der Waals surface area contributed by atoms with E-state index in [0.717, 1.165) is 19.0 Å². The Morgan fingerprint density at radius 1 is 1.18 bits per heavy atom. The predicted molar refractivity (Wildman–Crippen MR) is 131 cm³/mol. The topological polar surface area (TPSA) is 116 Å². The van der Waals surface area contributed by atoms with E-state index in [9.17, 15) is 18.0 Å². The molecule has 1 amide bonds. The Morgan fingerprint density at radius 2 is 2.08 bits per heavy atom. The molecule has 1 fully saturated rings. The van der Waals surface area contributed by atoms with E-state index < -0.39 is 18.1 Å². The molecular formula is C24H20F3N9OS. The smallest absolute Gasteiger partial charge is 0.280 e. The van der Waals surface area contributed by atoms with Gasteiger partial charge in [-0.1, -0.05) is 0 Å². The number of nitrogens with one attached hydrogen (secondary N) is 1. The minimum Gasteiger partial charge on any atom is -0.347 e. The zero-order valence-corrected chi connectivity index (χ0v) is 20.5.